The number of rotatable bonds is 5. The molecule has 1 aliphatic carbocycles. The number of nitrogens with one attached hydrogen (secondary N) is 1. The van der Waals surface area contributed by atoms with Crippen molar-refractivity contribution in [2.45, 2.75) is 57.5 Å². The van der Waals surface area contributed by atoms with Crippen molar-refractivity contribution >= 4 is 11.6 Å². The van der Waals surface area contributed by atoms with Crippen molar-refractivity contribution in [1.29, 1.82) is 0 Å². The van der Waals surface area contributed by atoms with Crippen LogP contribution in [0.2, 0.25) is 0 Å². The molecule has 1 aromatic carbocycles. The summed E-state index contributed by atoms with van der Waals surface area (Å²) in [5.41, 5.74) is 2.18. The second-order valence-electron chi connectivity index (χ2n) is 7.24. The van der Waals surface area contributed by atoms with Crippen LogP contribution in [-0.2, 0) is 16.1 Å². The third kappa shape index (κ3) is 4.58. The van der Waals surface area contributed by atoms with E-state index in [-0.39, 0.29) is 11.8 Å². The van der Waals surface area contributed by atoms with Crippen LogP contribution in [0.3, 0.4) is 0 Å². The first-order valence-corrected chi connectivity index (χ1v) is 9.41. The van der Waals surface area contributed by atoms with Gasteiger partial charge in [-0.3, -0.25) is 9.69 Å². The summed E-state index contributed by atoms with van der Waals surface area (Å²) in [5.74, 6) is 0.231. The Morgan fingerprint density at radius 2 is 1.83 bits per heavy atom. The largest absolute Gasteiger partial charge is 0.381 e. The Morgan fingerprint density at radius 3 is 2.58 bits per heavy atom. The minimum absolute atomic E-state index is 0.0860. The molecule has 4 heteroatoms. The number of anilines is 1. The van der Waals surface area contributed by atoms with E-state index in [1.807, 2.05) is 12.1 Å². The van der Waals surface area contributed by atoms with Gasteiger partial charge in [0.25, 0.3) is 0 Å². The predicted octanol–water partition coefficient (Wildman–Crippen LogP) is 3.82. The van der Waals surface area contributed by atoms with Crippen LogP contribution in [0.4, 0.5) is 5.69 Å². The number of carbonyl (C=O) groups is 1. The molecule has 0 aromatic heterocycles. The highest BCUT2D eigenvalue weighted by Gasteiger charge is 2.23. The van der Waals surface area contributed by atoms with Gasteiger partial charge < -0.3 is 10.1 Å². The number of hydrogen-bond donors (Lipinski definition) is 1. The number of ether oxygens (including phenoxy) is 1. The van der Waals surface area contributed by atoms with Gasteiger partial charge in [-0.15, -0.1) is 0 Å². The maximum absolute atomic E-state index is 12.5. The third-order valence-electron chi connectivity index (χ3n) is 5.49. The minimum Gasteiger partial charge on any atom is -0.381 e. The van der Waals surface area contributed by atoms with Crippen molar-refractivity contribution < 1.29 is 9.53 Å². The van der Waals surface area contributed by atoms with Gasteiger partial charge in [-0.1, -0.05) is 37.5 Å². The average molecular weight is 330 g/mol. The molecule has 0 bridgehead atoms. The number of benzene rings is 1. The van der Waals surface area contributed by atoms with Crippen molar-refractivity contribution in [2.24, 2.45) is 5.92 Å². The summed E-state index contributed by atoms with van der Waals surface area (Å²) in [6.07, 6.45) is 8.32. The molecule has 2 aliphatic rings. The molecule has 0 unspecified atom stereocenters. The van der Waals surface area contributed by atoms with Gasteiger partial charge >= 0.3 is 0 Å². The van der Waals surface area contributed by atoms with Gasteiger partial charge in [0.15, 0.2) is 0 Å². The van der Waals surface area contributed by atoms with Crippen molar-refractivity contribution in [3.8, 4) is 0 Å². The molecule has 132 valence electrons. The fourth-order valence-electron chi connectivity index (χ4n) is 3.89. The summed E-state index contributed by atoms with van der Waals surface area (Å²) in [4.78, 5) is 15.0. The zero-order chi connectivity index (χ0) is 16.8. The van der Waals surface area contributed by atoms with Crippen LogP contribution in [0, 0.1) is 5.92 Å². The first kappa shape index (κ1) is 17.4. The number of hydrogen-bond acceptors (Lipinski definition) is 3. The average Bonchev–Trinajstić information content (AvgIpc) is 2.64. The molecule has 1 amide bonds. The van der Waals surface area contributed by atoms with Crippen LogP contribution in [-0.4, -0.2) is 37.1 Å². The molecule has 0 spiro atoms. The van der Waals surface area contributed by atoms with Gasteiger partial charge in [0.2, 0.25) is 5.91 Å². The fourth-order valence-corrected chi connectivity index (χ4v) is 3.89. The van der Waals surface area contributed by atoms with Crippen LogP contribution < -0.4 is 5.32 Å². The molecule has 24 heavy (non-hydrogen) atoms. The molecule has 1 saturated heterocycles. The van der Waals surface area contributed by atoms with Gasteiger partial charge in [-0.05, 0) is 44.4 Å². The Balaban J connectivity index is 1.62. The standard InChI is InChI=1S/C20H30N2O2/c1-22(18-8-3-2-4-9-18)15-17-7-5-6-10-19(17)21-20(23)16-11-13-24-14-12-16/h5-7,10,16,18H,2-4,8-9,11-15H2,1H3,(H,21,23). The lowest BCUT2D eigenvalue weighted by atomic mass is 9.94. The SMILES string of the molecule is CN(Cc1ccccc1NC(=O)C1CCOCC1)C1CCCCC1. The Bertz CT molecular complexity index is 534. The third-order valence-corrected chi connectivity index (χ3v) is 5.49. The molecule has 2 fully saturated rings. The lowest BCUT2D eigenvalue weighted by Gasteiger charge is -2.31. The molecule has 0 radical (unpaired) electrons. The van der Waals surface area contributed by atoms with Gasteiger partial charge in [0.1, 0.15) is 0 Å². The number of amides is 1. The second-order valence-corrected chi connectivity index (χ2v) is 7.24. The van der Waals surface area contributed by atoms with E-state index in [2.05, 4.69) is 29.4 Å². The summed E-state index contributed by atoms with van der Waals surface area (Å²) < 4.78 is 5.36. The van der Waals surface area contributed by atoms with Gasteiger partial charge in [0.05, 0.1) is 0 Å². The number of nitrogens with zero attached hydrogens (tertiary/aromatic N) is 1. The maximum Gasteiger partial charge on any atom is 0.227 e. The molecule has 1 saturated carbocycles. The fraction of sp³-hybridized carbons (Fsp3) is 0.650. The maximum atomic E-state index is 12.5. The quantitative estimate of drug-likeness (QED) is 0.892. The van der Waals surface area contributed by atoms with Crippen LogP contribution >= 0.6 is 0 Å². The molecule has 1 aliphatic heterocycles. The van der Waals surface area contributed by atoms with E-state index in [0.717, 1.165) is 25.1 Å². The Hall–Kier alpha value is -1.39. The summed E-state index contributed by atoms with van der Waals surface area (Å²) in [5, 5.41) is 3.17. The smallest absolute Gasteiger partial charge is 0.227 e. The lowest BCUT2D eigenvalue weighted by Crippen LogP contribution is -2.33. The van der Waals surface area contributed by atoms with Gasteiger partial charge in [0, 0.05) is 37.4 Å². The highest BCUT2D eigenvalue weighted by molar-refractivity contribution is 5.93. The normalized spacial score (nSPS) is 20.2. The minimum atomic E-state index is 0.0860. The first-order chi connectivity index (χ1) is 11.7. The summed E-state index contributed by atoms with van der Waals surface area (Å²) >= 11 is 0. The van der Waals surface area contributed by atoms with Gasteiger partial charge in [-0.2, -0.15) is 0 Å². The number of carbonyl (C=O) groups excluding carboxylic acids is 1. The molecule has 1 aromatic rings. The lowest BCUT2D eigenvalue weighted by molar-refractivity contribution is -0.122. The van der Waals surface area contributed by atoms with Crippen molar-refractivity contribution in [2.75, 3.05) is 25.6 Å². The highest BCUT2D eigenvalue weighted by atomic mass is 16.5. The van der Waals surface area contributed by atoms with Crippen LogP contribution in [0.1, 0.15) is 50.5 Å². The Morgan fingerprint density at radius 1 is 1.12 bits per heavy atom. The van der Waals surface area contributed by atoms with Crippen molar-refractivity contribution in [3.63, 3.8) is 0 Å². The molecule has 1 N–H and O–H groups in total. The Labute approximate surface area is 145 Å². The summed E-state index contributed by atoms with van der Waals surface area (Å²) in [6, 6.07) is 8.91. The van der Waals surface area contributed by atoms with Gasteiger partial charge in [-0.25, -0.2) is 0 Å². The van der Waals surface area contributed by atoms with E-state index in [1.165, 1.54) is 37.7 Å². The van der Waals surface area contributed by atoms with E-state index >= 15 is 0 Å². The zero-order valence-electron chi connectivity index (χ0n) is 14.8. The van der Waals surface area contributed by atoms with Crippen LogP contribution in [0.5, 0.6) is 0 Å². The van der Waals surface area contributed by atoms with E-state index < -0.39 is 0 Å². The second kappa shape index (κ2) is 8.63. The summed E-state index contributed by atoms with van der Waals surface area (Å²) in [6.45, 7) is 2.29. The topological polar surface area (TPSA) is 41.6 Å². The molecular weight excluding hydrogens is 300 g/mol. The monoisotopic (exact) mass is 330 g/mol. The van der Waals surface area contributed by atoms with E-state index in [4.69, 9.17) is 4.74 Å². The van der Waals surface area contributed by atoms with Crippen molar-refractivity contribution in [3.05, 3.63) is 29.8 Å². The summed E-state index contributed by atoms with van der Waals surface area (Å²) in [7, 11) is 2.22. The Kier molecular flexibility index (Phi) is 6.27. The zero-order valence-corrected chi connectivity index (χ0v) is 14.8. The van der Waals surface area contributed by atoms with Crippen molar-refractivity contribution in [1.82, 2.24) is 4.90 Å². The van der Waals surface area contributed by atoms with Crippen LogP contribution in [0.25, 0.3) is 0 Å². The van der Waals surface area contributed by atoms with E-state index in [1.54, 1.807) is 0 Å². The van der Waals surface area contributed by atoms with E-state index in [0.29, 0.717) is 19.3 Å². The molecule has 3 rings (SSSR count). The van der Waals surface area contributed by atoms with Crippen LogP contribution in [0.15, 0.2) is 24.3 Å². The predicted molar refractivity (Wildman–Crippen MR) is 97.0 cm³/mol. The van der Waals surface area contributed by atoms with E-state index in [9.17, 15) is 4.79 Å². The molecule has 0 atom stereocenters. The molecular formula is C20H30N2O2. The highest BCUT2D eigenvalue weighted by Crippen LogP contribution is 2.25. The molecule has 1 heterocycles. The first-order valence-electron chi connectivity index (χ1n) is 9.41. The number of para-hydroxylation sites is 1. The molecule has 4 nitrogen and oxygen atoms in total.